The summed E-state index contributed by atoms with van der Waals surface area (Å²) < 4.78 is 29.1. The van der Waals surface area contributed by atoms with E-state index in [1.54, 1.807) is 24.4 Å². The molecular weight excluding hydrogens is 462 g/mol. The first-order valence-electron chi connectivity index (χ1n) is 9.00. The topological polar surface area (TPSA) is 88.3 Å². The van der Waals surface area contributed by atoms with Gasteiger partial charge in [0.1, 0.15) is 0 Å². The quantitative estimate of drug-likeness (QED) is 0.608. The molecule has 10 heteroatoms. The van der Waals surface area contributed by atoms with Crippen molar-refractivity contribution in [2.24, 2.45) is 0 Å². The first-order chi connectivity index (χ1) is 14.3. The Kier molecular flexibility index (Phi) is 5.33. The van der Waals surface area contributed by atoms with Crippen LogP contribution in [0.25, 0.3) is 5.69 Å². The van der Waals surface area contributed by atoms with Crippen LogP contribution in [0.4, 0.5) is 8.78 Å². The number of fused-ring (bicyclic) bond motifs is 1. The second-order valence-electron chi connectivity index (χ2n) is 6.94. The van der Waals surface area contributed by atoms with E-state index >= 15 is 0 Å². The fourth-order valence-corrected chi connectivity index (χ4v) is 3.80. The second kappa shape index (κ2) is 7.94. The smallest absolute Gasteiger partial charge is 0.303 e. The molecule has 0 saturated carbocycles. The van der Waals surface area contributed by atoms with Gasteiger partial charge >= 0.3 is 5.97 Å². The number of rotatable bonds is 5. The maximum Gasteiger partial charge on any atom is 0.303 e. The molecule has 1 aliphatic heterocycles. The third kappa shape index (κ3) is 4.09. The van der Waals surface area contributed by atoms with E-state index in [0.717, 1.165) is 12.1 Å². The summed E-state index contributed by atoms with van der Waals surface area (Å²) in [6, 6.07) is 7.28. The van der Waals surface area contributed by atoms with E-state index in [9.17, 15) is 18.4 Å². The third-order valence-electron chi connectivity index (χ3n) is 4.78. The normalized spacial score (nSPS) is 12.8. The van der Waals surface area contributed by atoms with Gasteiger partial charge in [-0.2, -0.15) is 0 Å². The lowest BCUT2D eigenvalue weighted by atomic mass is 10.1. The zero-order valence-corrected chi connectivity index (χ0v) is 17.1. The van der Waals surface area contributed by atoms with Gasteiger partial charge in [0.2, 0.25) is 0 Å². The molecule has 2 aromatic carbocycles. The number of amides is 1. The highest BCUT2D eigenvalue weighted by Gasteiger charge is 2.26. The summed E-state index contributed by atoms with van der Waals surface area (Å²) in [5.74, 6) is -3.08. The minimum Gasteiger partial charge on any atom is -0.481 e. The number of halogens is 3. The van der Waals surface area contributed by atoms with Crippen LogP contribution >= 0.6 is 15.9 Å². The number of aryl methyl sites for hydroxylation is 1. The molecule has 3 aromatic rings. The van der Waals surface area contributed by atoms with Crippen LogP contribution in [0.1, 0.15) is 33.6 Å². The van der Waals surface area contributed by atoms with E-state index in [1.807, 2.05) is 0 Å². The zero-order chi connectivity index (χ0) is 21.4. The van der Waals surface area contributed by atoms with Gasteiger partial charge in [0.05, 0.1) is 24.0 Å². The molecule has 1 amide bonds. The minimum atomic E-state index is -0.933. The summed E-state index contributed by atoms with van der Waals surface area (Å²) in [7, 11) is 0. The summed E-state index contributed by atoms with van der Waals surface area (Å²) >= 11 is 3.38. The largest absolute Gasteiger partial charge is 0.481 e. The monoisotopic (exact) mass is 476 g/mol. The van der Waals surface area contributed by atoms with Crippen molar-refractivity contribution in [1.82, 2.24) is 19.9 Å². The molecule has 0 spiro atoms. The van der Waals surface area contributed by atoms with Crippen molar-refractivity contribution in [2.75, 3.05) is 0 Å². The summed E-state index contributed by atoms with van der Waals surface area (Å²) in [5, 5.41) is 16.7. The van der Waals surface area contributed by atoms with Crippen molar-refractivity contribution in [3.63, 3.8) is 0 Å². The molecule has 0 bridgehead atoms. The average Bonchev–Trinajstić information content (AvgIpc) is 3.32. The van der Waals surface area contributed by atoms with Crippen LogP contribution in [0.3, 0.4) is 0 Å². The molecule has 1 N–H and O–H groups in total. The summed E-state index contributed by atoms with van der Waals surface area (Å²) in [4.78, 5) is 25.2. The molecule has 154 valence electrons. The van der Waals surface area contributed by atoms with Gasteiger partial charge in [0, 0.05) is 29.5 Å². The van der Waals surface area contributed by atoms with Gasteiger partial charge in [-0.25, -0.2) is 13.5 Å². The molecule has 30 heavy (non-hydrogen) atoms. The van der Waals surface area contributed by atoms with Crippen LogP contribution in [0.2, 0.25) is 0 Å². The molecule has 7 nitrogen and oxygen atoms in total. The summed E-state index contributed by atoms with van der Waals surface area (Å²) in [5.41, 5.74) is 2.62. The van der Waals surface area contributed by atoms with E-state index in [-0.39, 0.29) is 31.8 Å². The van der Waals surface area contributed by atoms with Crippen LogP contribution in [-0.2, 0) is 24.3 Å². The Hall–Kier alpha value is -3.14. The molecule has 1 aromatic heterocycles. The number of aromatic nitrogens is 3. The van der Waals surface area contributed by atoms with Gasteiger partial charge < -0.3 is 10.0 Å². The number of carboxylic acids is 1. The molecule has 0 fully saturated rings. The zero-order valence-electron chi connectivity index (χ0n) is 15.5. The highest BCUT2D eigenvalue weighted by Crippen LogP contribution is 2.28. The predicted molar refractivity (Wildman–Crippen MR) is 105 cm³/mol. The fraction of sp³-hybridized carbons (Fsp3) is 0.200. The average molecular weight is 477 g/mol. The van der Waals surface area contributed by atoms with E-state index < -0.39 is 17.6 Å². The maximum atomic E-state index is 13.5. The van der Waals surface area contributed by atoms with Gasteiger partial charge in [0.15, 0.2) is 11.6 Å². The van der Waals surface area contributed by atoms with Crippen LogP contribution in [0.15, 0.2) is 41.0 Å². The number of hydrogen-bond donors (Lipinski definition) is 1. The molecular formula is C20H15BrF2N4O3. The van der Waals surface area contributed by atoms with E-state index in [0.29, 0.717) is 32.5 Å². The Morgan fingerprint density at radius 2 is 1.73 bits per heavy atom. The lowest BCUT2D eigenvalue weighted by Gasteiger charge is -2.16. The predicted octanol–water partition coefficient (Wildman–Crippen LogP) is 3.48. The lowest BCUT2D eigenvalue weighted by Crippen LogP contribution is -2.25. The van der Waals surface area contributed by atoms with Crippen LogP contribution < -0.4 is 0 Å². The van der Waals surface area contributed by atoms with Crippen molar-refractivity contribution >= 4 is 27.8 Å². The third-order valence-corrected chi connectivity index (χ3v) is 5.24. The molecule has 0 saturated heterocycles. The molecule has 0 aliphatic carbocycles. The second-order valence-corrected chi connectivity index (χ2v) is 7.86. The van der Waals surface area contributed by atoms with Crippen LogP contribution in [-0.4, -0.2) is 36.9 Å². The highest BCUT2D eigenvalue weighted by molar-refractivity contribution is 9.10. The van der Waals surface area contributed by atoms with E-state index in [4.69, 9.17) is 5.11 Å². The standard InChI is InChI=1S/C20H15BrF2N4O3/c21-14-3-11(4-16(7-14)27-10-15(24-25-27)1-2-19(28)29)20(30)26-8-12-5-17(22)18(23)6-13(12)9-26/h3-7,10H,1-2,8-9H2,(H,28,29). The SMILES string of the molecule is O=C(O)CCc1cn(-c2cc(Br)cc(C(=O)N3Cc4cc(F)c(F)cc4C3)c2)nn1. The minimum absolute atomic E-state index is 0.0579. The molecule has 4 rings (SSSR count). The Morgan fingerprint density at radius 1 is 1.07 bits per heavy atom. The van der Waals surface area contributed by atoms with Gasteiger partial charge in [-0.05, 0) is 41.5 Å². The molecule has 0 atom stereocenters. The number of carboxylic acid groups (broad SMARTS) is 1. The number of carbonyl (C=O) groups excluding carboxylic acids is 1. The Morgan fingerprint density at radius 3 is 2.37 bits per heavy atom. The Balaban J connectivity index is 1.56. The van der Waals surface area contributed by atoms with Crippen LogP contribution in [0.5, 0.6) is 0 Å². The first-order valence-corrected chi connectivity index (χ1v) is 9.79. The van der Waals surface area contributed by atoms with Gasteiger partial charge in [-0.15, -0.1) is 5.10 Å². The molecule has 0 radical (unpaired) electrons. The summed E-state index contributed by atoms with van der Waals surface area (Å²) in [6.07, 6.45) is 1.79. The molecule has 2 heterocycles. The summed E-state index contributed by atoms with van der Waals surface area (Å²) in [6.45, 7) is 0.381. The van der Waals surface area contributed by atoms with Crippen molar-refractivity contribution in [3.05, 3.63) is 75.0 Å². The first kappa shape index (κ1) is 20.1. The van der Waals surface area contributed by atoms with Crippen molar-refractivity contribution in [3.8, 4) is 5.69 Å². The maximum absolute atomic E-state index is 13.5. The van der Waals surface area contributed by atoms with Crippen molar-refractivity contribution in [2.45, 2.75) is 25.9 Å². The number of aliphatic carboxylic acids is 1. The Labute approximate surface area is 178 Å². The number of hydrogen-bond acceptors (Lipinski definition) is 4. The van der Waals surface area contributed by atoms with Crippen molar-refractivity contribution in [1.29, 1.82) is 0 Å². The molecule has 0 unspecified atom stereocenters. The van der Waals surface area contributed by atoms with E-state index in [1.165, 1.54) is 9.58 Å². The highest BCUT2D eigenvalue weighted by atomic mass is 79.9. The van der Waals surface area contributed by atoms with Crippen molar-refractivity contribution < 1.29 is 23.5 Å². The number of nitrogens with zero attached hydrogens (tertiary/aromatic N) is 4. The lowest BCUT2D eigenvalue weighted by molar-refractivity contribution is -0.136. The van der Waals surface area contributed by atoms with Gasteiger partial charge in [-0.3, -0.25) is 9.59 Å². The fourth-order valence-electron chi connectivity index (χ4n) is 3.32. The van der Waals surface area contributed by atoms with Crippen LogP contribution in [0, 0.1) is 11.6 Å². The van der Waals surface area contributed by atoms with E-state index in [2.05, 4.69) is 26.2 Å². The van der Waals surface area contributed by atoms with Gasteiger partial charge in [0.25, 0.3) is 5.91 Å². The Bertz CT molecular complexity index is 1130. The number of benzene rings is 2. The number of carbonyl (C=O) groups is 2. The molecule has 1 aliphatic rings. The van der Waals surface area contributed by atoms with Gasteiger partial charge in [-0.1, -0.05) is 21.1 Å².